The maximum Gasteiger partial charge on any atom is 0.416 e. The molecule has 0 N–H and O–H groups in total. The Hall–Kier alpha value is -1.57. The quantitative estimate of drug-likeness (QED) is 0.728. The van der Waals surface area contributed by atoms with Crippen LogP contribution in [0.1, 0.15) is 35.6 Å². The number of carbonyl (C=O) groups excluding carboxylic acids is 1. The van der Waals surface area contributed by atoms with Crippen LogP contribution in [0.3, 0.4) is 0 Å². The van der Waals surface area contributed by atoms with Crippen LogP contribution >= 0.6 is 0 Å². The summed E-state index contributed by atoms with van der Waals surface area (Å²) >= 11 is 0. The summed E-state index contributed by atoms with van der Waals surface area (Å²) in [7, 11) is 0. The number of Topliss-reactive ketones (excluding diaryl/α,β-unsaturated/α-hetero) is 1. The molecular weight excluding hydrogens is 302 g/mol. The van der Waals surface area contributed by atoms with Crippen LogP contribution in [0, 0.1) is 0 Å². The Morgan fingerprint density at radius 3 is 1.90 bits per heavy atom. The average molecular weight is 312 g/mol. The third kappa shape index (κ3) is 3.75. The van der Waals surface area contributed by atoms with Gasteiger partial charge in [-0.25, -0.2) is 0 Å². The molecule has 1 saturated heterocycles. The van der Waals surface area contributed by atoms with Crippen LogP contribution < -0.4 is 0 Å². The lowest BCUT2D eigenvalue weighted by Crippen LogP contribution is -2.21. The molecule has 1 atom stereocenters. The summed E-state index contributed by atoms with van der Waals surface area (Å²) in [5.74, 6) is -0.253. The first kappa shape index (κ1) is 15.8. The van der Waals surface area contributed by atoms with E-state index in [1.165, 1.54) is 0 Å². The summed E-state index contributed by atoms with van der Waals surface area (Å²) < 4.78 is 81.3. The summed E-state index contributed by atoms with van der Waals surface area (Å²) in [6, 6.07) is 1.24. The molecule has 116 valence electrons. The van der Waals surface area contributed by atoms with Gasteiger partial charge in [0, 0.05) is 12.8 Å². The Bertz CT molecular complexity index is 514. The van der Waals surface area contributed by atoms with E-state index in [0.29, 0.717) is 12.1 Å². The number of halogens is 6. The summed E-state index contributed by atoms with van der Waals surface area (Å²) in [4.78, 5) is 11.3. The third-order valence-electron chi connectivity index (χ3n) is 3.09. The van der Waals surface area contributed by atoms with Crippen LogP contribution in [0.2, 0.25) is 0 Å². The van der Waals surface area contributed by atoms with E-state index in [9.17, 15) is 31.1 Å². The van der Waals surface area contributed by atoms with Crippen molar-refractivity contribution in [2.45, 2.75) is 31.3 Å². The fourth-order valence-electron chi connectivity index (χ4n) is 2.06. The molecular formula is C13H10F6O2. The zero-order valence-electron chi connectivity index (χ0n) is 10.5. The number of carbonyl (C=O) groups is 1. The zero-order valence-corrected chi connectivity index (χ0v) is 10.5. The summed E-state index contributed by atoms with van der Waals surface area (Å²) in [6.45, 7) is -0.0128. The lowest BCUT2D eigenvalue weighted by atomic mass is 9.96. The molecule has 0 spiro atoms. The predicted octanol–water partition coefficient (Wildman–Crippen LogP) is 4.14. The van der Waals surface area contributed by atoms with Gasteiger partial charge in [-0.2, -0.15) is 26.3 Å². The van der Waals surface area contributed by atoms with Crippen LogP contribution in [-0.2, 0) is 21.9 Å². The predicted molar refractivity (Wildman–Crippen MR) is 59.4 cm³/mol. The van der Waals surface area contributed by atoms with E-state index in [0.717, 1.165) is 0 Å². The number of ketones is 1. The molecule has 1 fully saturated rings. The van der Waals surface area contributed by atoms with Gasteiger partial charge in [-0.15, -0.1) is 0 Å². The highest BCUT2D eigenvalue weighted by Crippen LogP contribution is 2.39. The van der Waals surface area contributed by atoms with E-state index in [2.05, 4.69) is 0 Å². The second-order valence-electron chi connectivity index (χ2n) is 4.69. The second-order valence-corrected chi connectivity index (χ2v) is 4.69. The molecule has 2 rings (SSSR count). The van der Waals surface area contributed by atoms with E-state index < -0.39 is 29.6 Å². The minimum atomic E-state index is -4.91. The van der Waals surface area contributed by atoms with Crippen molar-refractivity contribution in [1.29, 1.82) is 0 Å². The first-order chi connectivity index (χ1) is 9.57. The number of hydrogen-bond acceptors (Lipinski definition) is 2. The Labute approximate surface area is 115 Å². The van der Waals surface area contributed by atoms with Crippen LogP contribution in [0.15, 0.2) is 18.2 Å². The molecule has 0 amide bonds. The van der Waals surface area contributed by atoms with Gasteiger partial charge in [0.05, 0.1) is 23.8 Å². The molecule has 0 radical (unpaired) electrons. The van der Waals surface area contributed by atoms with Gasteiger partial charge < -0.3 is 4.74 Å². The van der Waals surface area contributed by atoms with Gasteiger partial charge in [0.1, 0.15) is 5.78 Å². The Kier molecular flexibility index (Phi) is 4.01. The standard InChI is InChI=1S/C13H10F6O2/c14-12(15,16)8-3-7(4-9(5-8)13(17,18)19)11-6-10(20)1-2-21-11/h3-5,11H,1-2,6H2. The van der Waals surface area contributed by atoms with Crippen molar-refractivity contribution in [3.05, 3.63) is 34.9 Å². The van der Waals surface area contributed by atoms with Crippen molar-refractivity contribution in [3.8, 4) is 0 Å². The molecule has 0 aliphatic carbocycles. The minimum Gasteiger partial charge on any atom is -0.373 e. The zero-order chi connectivity index (χ0) is 15.8. The van der Waals surface area contributed by atoms with Crippen molar-refractivity contribution in [2.24, 2.45) is 0 Å². The van der Waals surface area contributed by atoms with E-state index >= 15 is 0 Å². The third-order valence-corrected chi connectivity index (χ3v) is 3.09. The summed E-state index contributed by atoms with van der Waals surface area (Å²) in [5, 5.41) is 0. The first-order valence-electron chi connectivity index (χ1n) is 6.00. The maximum absolute atomic E-state index is 12.7. The molecule has 1 unspecified atom stereocenters. The van der Waals surface area contributed by atoms with Gasteiger partial charge >= 0.3 is 12.4 Å². The maximum atomic E-state index is 12.7. The fraction of sp³-hybridized carbons (Fsp3) is 0.462. The highest BCUT2D eigenvalue weighted by atomic mass is 19.4. The number of hydrogen-bond donors (Lipinski definition) is 0. The molecule has 0 bridgehead atoms. The van der Waals surface area contributed by atoms with Gasteiger partial charge in [0.2, 0.25) is 0 Å². The number of rotatable bonds is 1. The molecule has 8 heteroatoms. The van der Waals surface area contributed by atoms with E-state index in [1.54, 1.807) is 0 Å². The smallest absolute Gasteiger partial charge is 0.373 e. The average Bonchev–Trinajstić information content (AvgIpc) is 2.36. The van der Waals surface area contributed by atoms with Crippen molar-refractivity contribution in [1.82, 2.24) is 0 Å². The molecule has 21 heavy (non-hydrogen) atoms. The topological polar surface area (TPSA) is 26.3 Å². The van der Waals surface area contributed by atoms with Gasteiger partial charge in [-0.3, -0.25) is 4.79 Å². The van der Waals surface area contributed by atoms with E-state index in [1.807, 2.05) is 0 Å². The molecule has 1 aromatic rings. The highest BCUT2D eigenvalue weighted by Gasteiger charge is 2.38. The fourth-order valence-corrected chi connectivity index (χ4v) is 2.06. The molecule has 1 aromatic carbocycles. The van der Waals surface area contributed by atoms with Crippen molar-refractivity contribution >= 4 is 5.78 Å². The molecule has 1 heterocycles. The Morgan fingerprint density at radius 2 is 1.48 bits per heavy atom. The molecule has 2 nitrogen and oxygen atoms in total. The lowest BCUT2D eigenvalue weighted by molar-refractivity contribution is -0.143. The molecule has 0 saturated carbocycles. The highest BCUT2D eigenvalue weighted by molar-refractivity contribution is 5.79. The SMILES string of the molecule is O=C1CCOC(c2cc(C(F)(F)F)cc(C(F)(F)F)c2)C1. The Morgan fingerprint density at radius 1 is 0.952 bits per heavy atom. The number of ether oxygens (including phenoxy) is 1. The van der Waals surface area contributed by atoms with E-state index in [-0.39, 0.29) is 36.9 Å². The molecule has 0 aromatic heterocycles. The van der Waals surface area contributed by atoms with Crippen molar-refractivity contribution < 1.29 is 35.9 Å². The largest absolute Gasteiger partial charge is 0.416 e. The summed E-state index contributed by atoms with van der Waals surface area (Å²) in [6.07, 6.45) is -11.0. The van der Waals surface area contributed by atoms with Crippen LogP contribution in [0.25, 0.3) is 0 Å². The van der Waals surface area contributed by atoms with Gasteiger partial charge in [-0.1, -0.05) is 0 Å². The molecule has 1 aliphatic rings. The van der Waals surface area contributed by atoms with Crippen LogP contribution in [0.5, 0.6) is 0 Å². The number of benzene rings is 1. The summed E-state index contributed by atoms with van der Waals surface area (Å²) in [5.41, 5.74) is -3.10. The lowest BCUT2D eigenvalue weighted by Gasteiger charge is -2.24. The monoisotopic (exact) mass is 312 g/mol. The van der Waals surface area contributed by atoms with Crippen LogP contribution in [-0.4, -0.2) is 12.4 Å². The second kappa shape index (κ2) is 5.32. The minimum absolute atomic E-state index is 0.0128. The number of alkyl halides is 6. The van der Waals surface area contributed by atoms with Gasteiger partial charge in [-0.05, 0) is 23.8 Å². The first-order valence-corrected chi connectivity index (χ1v) is 6.00. The van der Waals surface area contributed by atoms with Crippen molar-refractivity contribution in [3.63, 3.8) is 0 Å². The van der Waals surface area contributed by atoms with Gasteiger partial charge in [0.15, 0.2) is 0 Å². The normalized spacial score (nSPS) is 20.7. The Balaban J connectivity index is 2.47. The molecule has 1 aliphatic heterocycles. The van der Waals surface area contributed by atoms with Crippen LogP contribution in [0.4, 0.5) is 26.3 Å². The van der Waals surface area contributed by atoms with Gasteiger partial charge in [0.25, 0.3) is 0 Å². The van der Waals surface area contributed by atoms with Crippen molar-refractivity contribution in [2.75, 3.05) is 6.61 Å². The van der Waals surface area contributed by atoms with E-state index in [4.69, 9.17) is 4.74 Å².